The molecule has 2 aromatic carbocycles. The molecule has 0 saturated heterocycles. The van der Waals surface area contributed by atoms with Crippen molar-refractivity contribution in [1.82, 2.24) is 15.4 Å². The van der Waals surface area contributed by atoms with E-state index in [0.29, 0.717) is 0 Å². The van der Waals surface area contributed by atoms with Crippen LogP contribution >= 0.6 is 0 Å². The number of hydrogen-bond acceptors (Lipinski definition) is 8. The molecule has 0 unspecified atom stereocenters. The van der Waals surface area contributed by atoms with Gasteiger partial charge in [0.1, 0.15) is 12.1 Å². The second kappa shape index (κ2) is 9.16. The van der Waals surface area contributed by atoms with Gasteiger partial charge in [0.15, 0.2) is 0 Å². The summed E-state index contributed by atoms with van der Waals surface area (Å²) in [5.41, 5.74) is 3.05. The minimum atomic E-state index is -4.59. The van der Waals surface area contributed by atoms with E-state index in [1.54, 1.807) is 18.2 Å². The Morgan fingerprint density at radius 3 is 2.50 bits per heavy atom. The number of benzene rings is 2. The highest BCUT2D eigenvalue weighted by molar-refractivity contribution is 5.97. The maximum atomic E-state index is 12.9. The van der Waals surface area contributed by atoms with Crippen LogP contribution in [0.4, 0.5) is 36.2 Å². The molecule has 0 spiro atoms. The van der Waals surface area contributed by atoms with Crippen molar-refractivity contribution in [3.8, 4) is 5.75 Å². The van der Waals surface area contributed by atoms with E-state index in [1.165, 1.54) is 19.2 Å². The number of methoxy groups -OCH3 is 1. The molecular weight excluding hydrogens is 433 g/mol. The number of ether oxygens (including phenoxy) is 1. The number of nitro groups is 1. The predicted molar refractivity (Wildman–Crippen MR) is 107 cm³/mol. The van der Waals surface area contributed by atoms with Crippen molar-refractivity contribution >= 4 is 28.9 Å². The molecule has 1 amide bonds. The lowest BCUT2D eigenvalue weighted by molar-refractivity contribution is -0.383. The Hall–Kier alpha value is -4.42. The molecule has 3 N–H and O–H groups in total. The van der Waals surface area contributed by atoms with Crippen molar-refractivity contribution in [3.05, 3.63) is 76.1 Å². The number of hydrogen-bond donors (Lipinski definition) is 3. The molecule has 3 rings (SSSR count). The van der Waals surface area contributed by atoms with E-state index in [-0.39, 0.29) is 28.6 Å². The van der Waals surface area contributed by atoms with E-state index >= 15 is 0 Å². The van der Waals surface area contributed by atoms with Crippen LogP contribution < -0.4 is 20.9 Å². The molecule has 3 aromatic rings. The average molecular weight is 448 g/mol. The first-order chi connectivity index (χ1) is 15.2. The molecule has 1 heterocycles. The molecule has 0 saturated carbocycles. The number of nitrogens with zero attached hydrogens (tertiary/aromatic N) is 3. The van der Waals surface area contributed by atoms with Crippen LogP contribution in [0.1, 0.15) is 15.9 Å². The lowest BCUT2D eigenvalue weighted by atomic mass is 10.2. The quantitative estimate of drug-likeness (QED) is 0.366. The first kappa shape index (κ1) is 22.3. The van der Waals surface area contributed by atoms with Crippen LogP contribution in [0, 0.1) is 10.1 Å². The van der Waals surface area contributed by atoms with Crippen molar-refractivity contribution in [2.24, 2.45) is 0 Å². The Labute approximate surface area is 178 Å². The summed E-state index contributed by atoms with van der Waals surface area (Å²) in [4.78, 5) is 30.6. The zero-order valence-corrected chi connectivity index (χ0v) is 16.3. The number of alkyl halides is 3. The number of halogens is 3. The van der Waals surface area contributed by atoms with Crippen molar-refractivity contribution in [1.29, 1.82) is 0 Å². The van der Waals surface area contributed by atoms with E-state index in [0.717, 1.165) is 24.5 Å². The molecule has 32 heavy (non-hydrogen) atoms. The Morgan fingerprint density at radius 2 is 1.81 bits per heavy atom. The largest absolute Gasteiger partial charge is 0.496 e. The Bertz CT molecular complexity index is 1160. The monoisotopic (exact) mass is 448 g/mol. The van der Waals surface area contributed by atoms with Gasteiger partial charge in [0, 0.05) is 5.69 Å². The zero-order chi connectivity index (χ0) is 23.3. The lowest BCUT2D eigenvalue weighted by Gasteiger charge is -2.13. The second-order valence-electron chi connectivity index (χ2n) is 6.16. The summed E-state index contributed by atoms with van der Waals surface area (Å²) in [7, 11) is 1.38. The third-order valence-corrected chi connectivity index (χ3v) is 4.10. The van der Waals surface area contributed by atoms with Gasteiger partial charge < -0.3 is 10.1 Å². The van der Waals surface area contributed by atoms with E-state index in [2.05, 4.69) is 26.1 Å². The van der Waals surface area contributed by atoms with Crippen LogP contribution in [-0.2, 0) is 6.18 Å². The minimum absolute atomic E-state index is 0.0781. The predicted octanol–water partition coefficient (Wildman–Crippen LogP) is 3.91. The highest BCUT2D eigenvalue weighted by Crippen LogP contribution is 2.34. The third kappa shape index (κ3) is 5.00. The van der Waals surface area contributed by atoms with Crippen molar-refractivity contribution in [2.75, 3.05) is 17.9 Å². The fourth-order valence-corrected chi connectivity index (χ4v) is 2.66. The molecule has 0 aliphatic heterocycles. The molecule has 0 aliphatic carbocycles. The molecule has 13 heteroatoms. The SMILES string of the molecule is COc1ccccc1C(=O)NNc1ncnc(Nc2cccc(C(F)(F)F)c2)c1[N+](=O)[O-]. The highest BCUT2D eigenvalue weighted by atomic mass is 19.4. The van der Waals surface area contributed by atoms with E-state index in [4.69, 9.17) is 4.74 Å². The van der Waals surface area contributed by atoms with Gasteiger partial charge in [-0.2, -0.15) is 13.2 Å². The Kier molecular flexibility index (Phi) is 6.37. The summed E-state index contributed by atoms with van der Waals surface area (Å²) in [5, 5.41) is 14.1. The number of para-hydroxylation sites is 1. The van der Waals surface area contributed by atoms with Gasteiger partial charge in [0.2, 0.25) is 11.6 Å². The first-order valence-corrected chi connectivity index (χ1v) is 8.83. The topological polar surface area (TPSA) is 131 Å². The second-order valence-corrected chi connectivity index (χ2v) is 6.16. The fourth-order valence-electron chi connectivity index (χ4n) is 2.66. The third-order valence-electron chi connectivity index (χ3n) is 4.10. The van der Waals surface area contributed by atoms with Gasteiger partial charge in [-0.05, 0) is 30.3 Å². The maximum Gasteiger partial charge on any atom is 0.416 e. The smallest absolute Gasteiger partial charge is 0.416 e. The van der Waals surface area contributed by atoms with Gasteiger partial charge in [-0.3, -0.25) is 25.8 Å². The van der Waals surface area contributed by atoms with E-state index in [1.807, 2.05) is 0 Å². The van der Waals surface area contributed by atoms with Gasteiger partial charge in [0.05, 0.1) is 23.2 Å². The number of aromatic nitrogens is 2. The standard InChI is InChI=1S/C19H15F3N6O4/c1-32-14-8-3-2-7-13(14)18(29)27-26-17-15(28(30)31)16(23-10-24-17)25-12-6-4-5-11(9-12)19(20,21)22/h2-10H,1H3,(H,27,29)(H2,23,24,25,26). The minimum Gasteiger partial charge on any atom is -0.496 e. The van der Waals surface area contributed by atoms with Crippen molar-refractivity contribution in [2.45, 2.75) is 6.18 Å². The van der Waals surface area contributed by atoms with Crippen LogP contribution in [0.5, 0.6) is 5.75 Å². The summed E-state index contributed by atoms with van der Waals surface area (Å²) in [5.74, 6) is -1.15. The van der Waals surface area contributed by atoms with Gasteiger partial charge in [-0.15, -0.1) is 0 Å². The molecular formula is C19H15F3N6O4. The molecule has 1 aromatic heterocycles. The number of carbonyl (C=O) groups excluding carboxylic acids is 1. The normalized spacial score (nSPS) is 10.9. The van der Waals surface area contributed by atoms with Crippen LogP contribution in [0.2, 0.25) is 0 Å². The van der Waals surface area contributed by atoms with Gasteiger partial charge in [0.25, 0.3) is 5.91 Å². The summed E-state index contributed by atoms with van der Waals surface area (Å²) < 4.78 is 43.9. The summed E-state index contributed by atoms with van der Waals surface area (Å²) >= 11 is 0. The Morgan fingerprint density at radius 1 is 1.09 bits per heavy atom. The van der Waals surface area contributed by atoms with Crippen LogP contribution in [0.25, 0.3) is 0 Å². The van der Waals surface area contributed by atoms with Crippen molar-refractivity contribution < 1.29 is 27.6 Å². The molecule has 0 aliphatic rings. The average Bonchev–Trinajstić information content (AvgIpc) is 2.77. The summed E-state index contributed by atoms with van der Waals surface area (Å²) in [6.07, 6.45) is -3.65. The Balaban J connectivity index is 1.85. The first-order valence-electron chi connectivity index (χ1n) is 8.83. The van der Waals surface area contributed by atoms with Crippen molar-refractivity contribution in [3.63, 3.8) is 0 Å². The van der Waals surface area contributed by atoms with Crippen LogP contribution in [0.15, 0.2) is 54.9 Å². The summed E-state index contributed by atoms with van der Waals surface area (Å²) in [6, 6.07) is 10.4. The number of nitrogens with one attached hydrogen (secondary N) is 3. The van der Waals surface area contributed by atoms with Gasteiger partial charge in [-0.1, -0.05) is 18.2 Å². The van der Waals surface area contributed by atoms with Gasteiger partial charge in [-0.25, -0.2) is 9.97 Å². The molecule has 166 valence electrons. The lowest BCUT2D eigenvalue weighted by Crippen LogP contribution is -2.30. The zero-order valence-electron chi connectivity index (χ0n) is 16.3. The summed E-state index contributed by atoms with van der Waals surface area (Å²) in [6.45, 7) is 0. The molecule has 0 radical (unpaired) electrons. The van der Waals surface area contributed by atoms with Crippen LogP contribution in [0.3, 0.4) is 0 Å². The number of carbonyl (C=O) groups is 1. The molecule has 0 fully saturated rings. The van der Waals surface area contributed by atoms with E-state index < -0.39 is 28.3 Å². The number of rotatable bonds is 7. The maximum absolute atomic E-state index is 12.9. The van der Waals surface area contributed by atoms with E-state index in [9.17, 15) is 28.1 Å². The molecule has 0 bridgehead atoms. The fraction of sp³-hybridized carbons (Fsp3) is 0.105. The number of anilines is 3. The number of amides is 1. The molecule has 10 nitrogen and oxygen atoms in total. The molecule has 0 atom stereocenters. The highest BCUT2D eigenvalue weighted by Gasteiger charge is 2.31. The van der Waals surface area contributed by atoms with Gasteiger partial charge >= 0.3 is 11.9 Å². The number of hydrazine groups is 1. The van der Waals surface area contributed by atoms with Crippen LogP contribution in [-0.4, -0.2) is 27.9 Å².